The average Bonchev–Trinajstić information content (AvgIpc) is 3.44. The molecule has 30 heavy (non-hydrogen) atoms. The minimum absolute atomic E-state index is 0.260. The SMILES string of the molecule is Cc1cccc(-n2ncc(C(=O)NCC3CC3)c2-c2cccc(C(F)(F)F)c2)c1C. The van der Waals surface area contributed by atoms with Crippen LogP contribution in [0.15, 0.2) is 48.7 Å². The molecule has 0 saturated heterocycles. The number of hydrogen-bond donors (Lipinski definition) is 1. The summed E-state index contributed by atoms with van der Waals surface area (Å²) in [6.45, 7) is 4.44. The van der Waals surface area contributed by atoms with Crippen LogP contribution < -0.4 is 5.32 Å². The highest BCUT2D eigenvalue weighted by atomic mass is 19.4. The summed E-state index contributed by atoms with van der Waals surface area (Å²) in [5.74, 6) is 0.158. The lowest BCUT2D eigenvalue weighted by Crippen LogP contribution is -2.25. The van der Waals surface area contributed by atoms with Crippen LogP contribution in [0.4, 0.5) is 13.2 Å². The Bertz CT molecular complexity index is 1100. The van der Waals surface area contributed by atoms with Gasteiger partial charge in [0.05, 0.1) is 28.7 Å². The Labute approximate surface area is 172 Å². The molecule has 7 heteroatoms. The smallest absolute Gasteiger partial charge is 0.352 e. The Morgan fingerprint density at radius 2 is 1.90 bits per heavy atom. The minimum atomic E-state index is -4.48. The van der Waals surface area contributed by atoms with Crippen LogP contribution in [0.1, 0.15) is 39.9 Å². The fraction of sp³-hybridized carbons (Fsp3) is 0.304. The molecule has 0 radical (unpaired) electrons. The van der Waals surface area contributed by atoms with Crippen molar-refractivity contribution in [3.05, 3.63) is 70.9 Å². The molecule has 1 fully saturated rings. The molecule has 0 bridgehead atoms. The van der Waals surface area contributed by atoms with Crippen LogP contribution in [0, 0.1) is 19.8 Å². The molecule has 0 aliphatic heterocycles. The summed E-state index contributed by atoms with van der Waals surface area (Å²) in [5, 5.41) is 7.29. The number of halogens is 3. The van der Waals surface area contributed by atoms with Gasteiger partial charge in [0, 0.05) is 12.1 Å². The molecule has 1 aliphatic carbocycles. The summed E-state index contributed by atoms with van der Waals surface area (Å²) in [6.07, 6.45) is -0.876. The van der Waals surface area contributed by atoms with Crippen molar-refractivity contribution in [2.24, 2.45) is 5.92 Å². The number of rotatable bonds is 5. The molecule has 0 spiro atoms. The number of aromatic nitrogens is 2. The molecule has 1 amide bonds. The zero-order valence-electron chi connectivity index (χ0n) is 16.8. The molecule has 0 atom stereocenters. The van der Waals surface area contributed by atoms with Crippen molar-refractivity contribution in [3.8, 4) is 16.9 Å². The van der Waals surface area contributed by atoms with Crippen LogP contribution in [0.2, 0.25) is 0 Å². The molecule has 3 aromatic rings. The second-order valence-electron chi connectivity index (χ2n) is 7.77. The fourth-order valence-corrected chi connectivity index (χ4v) is 3.44. The summed E-state index contributed by atoms with van der Waals surface area (Å²) in [7, 11) is 0. The number of amides is 1. The van der Waals surface area contributed by atoms with Gasteiger partial charge in [-0.3, -0.25) is 4.79 Å². The van der Waals surface area contributed by atoms with Crippen LogP contribution >= 0.6 is 0 Å². The maximum absolute atomic E-state index is 13.3. The van der Waals surface area contributed by atoms with Gasteiger partial charge in [-0.2, -0.15) is 18.3 Å². The number of carbonyl (C=O) groups is 1. The van der Waals surface area contributed by atoms with Crippen molar-refractivity contribution in [2.75, 3.05) is 6.54 Å². The third kappa shape index (κ3) is 3.97. The van der Waals surface area contributed by atoms with Gasteiger partial charge in [-0.1, -0.05) is 24.3 Å². The Kier molecular flexibility index (Phi) is 5.13. The number of aryl methyl sites for hydroxylation is 1. The van der Waals surface area contributed by atoms with Gasteiger partial charge >= 0.3 is 6.18 Å². The Hall–Kier alpha value is -3.09. The van der Waals surface area contributed by atoms with E-state index in [4.69, 9.17) is 0 Å². The normalized spacial score (nSPS) is 14.0. The van der Waals surface area contributed by atoms with Gasteiger partial charge in [0.25, 0.3) is 5.91 Å². The summed E-state index contributed by atoms with van der Waals surface area (Å²) in [4.78, 5) is 12.9. The van der Waals surface area contributed by atoms with Crippen LogP contribution in [-0.4, -0.2) is 22.2 Å². The molecule has 1 aromatic heterocycles. The lowest BCUT2D eigenvalue weighted by Gasteiger charge is -2.15. The van der Waals surface area contributed by atoms with Crippen molar-refractivity contribution in [3.63, 3.8) is 0 Å². The molecule has 4 nitrogen and oxygen atoms in total. The van der Waals surface area contributed by atoms with E-state index in [-0.39, 0.29) is 11.5 Å². The zero-order chi connectivity index (χ0) is 21.5. The monoisotopic (exact) mass is 413 g/mol. The Morgan fingerprint density at radius 3 is 2.60 bits per heavy atom. The van der Waals surface area contributed by atoms with E-state index in [0.29, 0.717) is 23.7 Å². The summed E-state index contributed by atoms with van der Waals surface area (Å²) < 4.78 is 41.5. The molecule has 4 rings (SSSR count). The molecule has 1 N–H and O–H groups in total. The lowest BCUT2D eigenvalue weighted by molar-refractivity contribution is -0.137. The van der Waals surface area contributed by atoms with E-state index in [2.05, 4.69) is 10.4 Å². The third-order valence-electron chi connectivity index (χ3n) is 5.53. The first-order chi connectivity index (χ1) is 14.3. The van der Waals surface area contributed by atoms with Gasteiger partial charge in [0.2, 0.25) is 0 Å². The maximum atomic E-state index is 13.3. The largest absolute Gasteiger partial charge is 0.416 e. The van der Waals surface area contributed by atoms with E-state index in [9.17, 15) is 18.0 Å². The van der Waals surface area contributed by atoms with Gasteiger partial charge in [-0.05, 0) is 61.9 Å². The Balaban J connectivity index is 1.86. The molecule has 2 aromatic carbocycles. The average molecular weight is 413 g/mol. The first kappa shape index (κ1) is 20.2. The molecular weight excluding hydrogens is 391 g/mol. The van der Waals surface area contributed by atoms with Gasteiger partial charge in [0.15, 0.2) is 0 Å². The van der Waals surface area contributed by atoms with Crippen LogP contribution in [0.25, 0.3) is 16.9 Å². The summed E-state index contributed by atoms with van der Waals surface area (Å²) in [5.41, 5.74) is 2.83. The molecule has 0 unspecified atom stereocenters. The van der Waals surface area contributed by atoms with Gasteiger partial charge in [0.1, 0.15) is 0 Å². The van der Waals surface area contributed by atoms with Crippen molar-refractivity contribution in [1.29, 1.82) is 0 Å². The van der Waals surface area contributed by atoms with Gasteiger partial charge in [-0.25, -0.2) is 4.68 Å². The van der Waals surface area contributed by atoms with Crippen molar-refractivity contribution in [2.45, 2.75) is 32.9 Å². The number of hydrogen-bond acceptors (Lipinski definition) is 2. The molecule has 1 saturated carbocycles. The standard InChI is InChI=1S/C23H22F3N3O/c1-14-5-3-8-20(15(14)2)29-21(17-6-4-7-18(11-17)23(24,25)26)19(13-28-29)22(30)27-12-16-9-10-16/h3-8,11,13,16H,9-10,12H2,1-2H3,(H,27,30). The van der Waals surface area contributed by atoms with E-state index in [1.54, 1.807) is 10.7 Å². The second-order valence-corrected chi connectivity index (χ2v) is 7.77. The van der Waals surface area contributed by atoms with Crippen molar-refractivity contribution < 1.29 is 18.0 Å². The van der Waals surface area contributed by atoms with Crippen LogP contribution in [0.3, 0.4) is 0 Å². The highest BCUT2D eigenvalue weighted by molar-refractivity contribution is 6.00. The topological polar surface area (TPSA) is 46.9 Å². The molecule has 1 aliphatic rings. The minimum Gasteiger partial charge on any atom is -0.352 e. The molecule has 156 valence electrons. The van der Waals surface area contributed by atoms with E-state index >= 15 is 0 Å². The van der Waals surface area contributed by atoms with Crippen LogP contribution in [-0.2, 0) is 6.18 Å². The van der Waals surface area contributed by atoms with E-state index in [1.165, 1.54) is 12.3 Å². The predicted octanol–water partition coefficient (Wildman–Crippen LogP) is 5.31. The fourth-order valence-electron chi connectivity index (χ4n) is 3.44. The van der Waals surface area contributed by atoms with Gasteiger partial charge < -0.3 is 5.32 Å². The highest BCUT2D eigenvalue weighted by Gasteiger charge is 2.31. The number of carbonyl (C=O) groups excluding carboxylic acids is 1. The maximum Gasteiger partial charge on any atom is 0.416 e. The lowest BCUT2D eigenvalue weighted by atomic mass is 10.0. The predicted molar refractivity (Wildman–Crippen MR) is 109 cm³/mol. The number of benzene rings is 2. The van der Waals surface area contributed by atoms with Crippen molar-refractivity contribution in [1.82, 2.24) is 15.1 Å². The summed E-state index contributed by atoms with van der Waals surface area (Å²) >= 11 is 0. The third-order valence-corrected chi connectivity index (χ3v) is 5.53. The van der Waals surface area contributed by atoms with Gasteiger partial charge in [-0.15, -0.1) is 0 Å². The first-order valence-electron chi connectivity index (χ1n) is 9.86. The molecular formula is C23H22F3N3O. The van der Waals surface area contributed by atoms with Crippen molar-refractivity contribution >= 4 is 5.91 Å². The number of nitrogens with zero attached hydrogens (tertiary/aromatic N) is 2. The van der Waals surface area contributed by atoms with E-state index in [1.807, 2.05) is 32.0 Å². The zero-order valence-corrected chi connectivity index (χ0v) is 16.8. The highest BCUT2D eigenvalue weighted by Crippen LogP contribution is 2.35. The van der Waals surface area contributed by atoms with E-state index in [0.717, 1.165) is 41.8 Å². The Morgan fingerprint density at radius 1 is 1.17 bits per heavy atom. The number of nitrogens with one attached hydrogen (secondary N) is 1. The van der Waals surface area contributed by atoms with Crippen LogP contribution in [0.5, 0.6) is 0 Å². The quantitative estimate of drug-likeness (QED) is 0.616. The number of alkyl halides is 3. The first-order valence-corrected chi connectivity index (χ1v) is 9.86. The van der Waals surface area contributed by atoms with E-state index < -0.39 is 11.7 Å². The summed E-state index contributed by atoms with van der Waals surface area (Å²) in [6, 6.07) is 10.7. The molecule has 1 heterocycles. The second kappa shape index (κ2) is 7.63.